The van der Waals surface area contributed by atoms with Gasteiger partial charge in [-0.15, -0.1) is 0 Å². The molecule has 1 saturated carbocycles. The van der Waals surface area contributed by atoms with E-state index in [-0.39, 0.29) is 6.61 Å². The number of rotatable bonds is 4. The Balaban J connectivity index is 0.000000384. The minimum absolute atomic E-state index is 0.289. The van der Waals surface area contributed by atoms with Crippen LogP contribution in [-0.4, -0.2) is 55.2 Å². The van der Waals surface area contributed by atoms with Crippen LogP contribution in [0.3, 0.4) is 0 Å². The normalized spacial score (nSPS) is 21.7. The van der Waals surface area contributed by atoms with Gasteiger partial charge in [0.1, 0.15) is 12.2 Å². The summed E-state index contributed by atoms with van der Waals surface area (Å²) in [6.07, 6.45) is -2.00. The Kier molecular flexibility index (Phi) is 7.11. The highest BCUT2D eigenvalue weighted by molar-refractivity contribution is 5.73. The van der Waals surface area contributed by atoms with E-state index in [1.165, 1.54) is 21.4 Å². The molecule has 0 bridgehead atoms. The van der Waals surface area contributed by atoms with Crippen molar-refractivity contribution in [3.8, 4) is 0 Å². The Bertz CT molecular complexity index is 1250. The zero-order valence-electron chi connectivity index (χ0n) is 20.2. The van der Waals surface area contributed by atoms with Gasteiger partial charge in [-0.1, -0.05) is 29.3 Å². The number of carbonyl (C=O) groups is 1. The average molecular weight is 511 g/mol. The van der Waals surface area contributed by atoms with Crippen LogP contribution in [0.2, 0.25) is 0 Å². The Hall–Kier alpha value is -2.99. The summed E-state index contributed by atoms with van der Waals surface area (Å²) in [6.45, 7) is 8.05. The number of aliphatic carboxylic acids is 1. The molecule has 12 heteroatoms. The van der Waals surface area contributed by atoms with E-state index in [2.05, 4.69) is 42.0 Å². The van der Waals surface area contributed by atoms with Crippen molar-refractivity contribution in [1.29, 1.82) is 0 Å². The number of halogens is 3. The molecule has 1 aromatic heterocycles. The standard InChI is InChI=1S/C22H28N4O3.C2HF3O2/c1-15-7-16(2)9-18(8-15)10-24-6-5-22(13-24)14-25-19(12-29-22)23-26(11-17-3-4-17)21(28)20(25)27;3-2(4,5)1(6)7/h7-9,17H,3-6,10-14H2,1-2H3;(H,6,7). The summed E-state index contributed by atoms with van der Waals surface area (Å²) in [5.74, 6) is -1.69. The van der Waals surface area contributed by atoms with Gasteiger partial charge >= 0.3 is 23.3 Å². The lowest BCUT2D eigenvalue weighted by Gasteiger charge is -2.35. The van der Waals surface area contributed by atoms with Gasteiger partial charge in [0.25, 0.3) is 0 Å². The molecule has 9 nitrogen and oxygen atoms in total. The third kappa shape index (κ3) is 6.04. The third-order valence-corrected chi connectivity index (χ3v) is 6.62. The second-order valence-electron chi connectivity index (χ2n) is 9.97. The maximum absolute atomic E-state index is 12.7. The van der Waals surface area contributed by atoms with Gasteiger partial charge in [-0.05, 0) is 44.6 Å². The van der Waals surface area contributed by atoms with E-state index in [0.717, 1.165) is 38.9 Å². The summed E-state index contributed by atoms with van der Waals surface area (Å²) >= 11 is 0. The molecule has 1 aliphatic carbocycles. The lowest BCUT2D eigenvalue weighted by atomic mass is 10.0. The molecule has 3 heterocycles. The molecular formula is C24H29F3N4O5. The zero-order chi connectivity index (χ0) is 26.3. The number of hydrogen-bond acceptors (Lipinski definition) is 6. The number of ether oxygens (including phenoxy) is 1. The molecule has 2 aromatic rings. The fourth-order valence-electron chi connectivity index (χ4n) is 4.80. The summed E-state index contributed by atoms with van der Waals surface area (Å²) in [6, 6.07) is 6.64. The van der Waals surface area contributed by atoms with Crippen LogP contribution in [0.25, 0.3) is 0 Å². The Morgan fingerprint density at radius 2 is 1.78 bits per heavy atom. The molecule has 1 atom stereocenters. The van der Waals surface area contributed by atoms with Crippen molar-refractivity contribution in [3.63, 3.8) is 0 Å². The van der Waals surface area contributed by atoms with Gasteiger partial charge in [-0.3, -0.25) is 19.1 Å². The number of benzene rings is 1. The van der Waals surface area contributed by atoms with Gasteiger partial charge in [0, 0.05) is 26.2 Å². The largest absolute Gasteiger partial charge is 0.490 e. The van der Waals surface area contributed by atoms with Crippen molar-refractivity contribution in [1.82, 2.24) is 19.2 Å². The van der Waals surface area contributed by atoms with Gasteiger partial charge in [-0.25, -0.2) is 9.48 Å². The second kappa shape index (κ2) is 9.81. The van der Waals surface area contributed by atoms with E-state index >= 15 is 0 Å². The molecule has 3 aliphatic rings. The van der Waals surface area contributed by atoms with E-state index in [4.69, 9.17) is 14.6 Å². The predicted octanol–water partition coefficient (Wildman–Crippen LogP) is 2.24. The fraction of sp³-hybridized carbons (Fsp3) is 0.583. The first-order valence-electron chi connectivity index (χ1n) is 11.8. The lowest BCUT2D eigenvalue weighted by molar-refractivity contribution is -0.192. The summed E-state index contributed by atoms with van der Waals surface area (Å²) in [5, 5.41) is 11.6. The molecule has 1 N–H and O–H groups in total. The number of alkyl halides is 3. The van der Waals surface area contributed by atoms with E-state index in [9.17, 15) is 22.8 Å². The molecule has 2 aliphatic heterocycles. The molecule has 0 amide bonds. The minimum atomic E-state index is -5.08. The summed E-state index contributed by atoms with van der Waals surface area (Å²) in [5.41, 5.74) is 2.49. The summed E-state index contributed by atoms with van der Waals surface area (Å²) < 4.78 is 40.9. The molecular weight excluding hydrogens is 481 g/mol. The first kappa shape index (κ1) is 26.1. The lowest BCUT2D eigenvalue weighted by Crippen LogP contribution is -2.53. The van der Waals surface area contributed by atoms with Crippen LogP contribution in [0.4, 0.5) is 13.2 Å². The first-order chi connectivity index (χ1) is 16.8. The van der Waals surface area contributed by atoms with Crippen LogP contribution in [0.1, 0.15) is 41.8 Å². The van der Waals surface area contributed by atoms with Gasteiger partial charge in [0.15, 0.2) is 5.82 Å². The molecule has 196 valence electrons. The number of carboxylic acid groups (broad SMARTS) is 1. The molecule has 1 unspecified atom stereocenters. The van der Waals surface area contributed by atoms with Crippen molar-refractivity contribution < 1.29 is 27.8 Å². The second-order valence-corrected chi connectivity index (χ2v) is 9.97. The quantitative estimate of drug-likeness (QED) is 0.629. The maximum Gasteiger partial charge on any atom is 0.490 e. The molecule has 1 aromatic carbocycles. The van der Waals surface area contributed by atoms with E-state index in [1.807, 2.05) is 0 Å². The van der Waals surface area contributed by atoms with Gasteiger partial charge in [0.2, 0.25) is 0 Å². The average Bonchev–Trinajstić information content (AvgIpc) is 3.52. The fourth-order valence-corrected chi connectivity index (χ4v) is 4.80. The highest BCUT2D eigenvalue weighted by Gasteiger charge is 2.43. The van der Waals surface area contributed by atoms with Gasteiger partial charge in [0.05, 0.1) is 6.54 Å². The van der Waals surface area contributed by atoms with E-state index in [0.29, 0.717) is 24.8 Å². The molecule has 2 fully saturated rings. The molecule has 36 heavy (non-hydrogen) atoms. The summed E-state index contributed by atoms with van der Waals surface area (Å²) in [4.78, 5) is 36.5. The minimum Gasteiger partial charge on any atom is -0.475 e. The van der Waals surface area contributed by atoms with Crippen molar-refractivity contribution in [2.24, 2.45) is 5.92 Å². The number of nitrogens with zero attached hydrogens (tertiary/aromatic N) is 4. The number of likely N-dealkylation sites (tertiary alicyclic amines) is 1. The third-order valence-electron chi connectivity index (χ3n) is 6.62. The van der Waals surface area contributed by atoms with E-state index < -0.39 is 28.9 Å². The van der Waals surface area contributed by atoms with Gasteiger partial charge in [-0.2, -0.15) is 18.3 Å². The first-order valence-corrected chi connectivity index (χ1v) is 11.8. The van der Waals surface area contributed by atoms with Crippen molar-refractivity contribution >= 4 is 5.97 Å². The molecule has 1 spiro atoms. The summed E-state index contributed by atoms with van der Waals surface area (Å²) in [7, 11) is 0. The number of hydrogen-bond donors (Lipinski definition) is 1. The SMILES string of the molecule is Cc1cc(C)cc(CN2CCC3(C2)Cn2c(nn(CC4CC4)c(=O)c2=O)CO3)c1.O=C(O)C(F)(F)F. The Morgan fingerprint density at radius 1 is 1.14 bits per heavy atom. The monoisotopic (exact) mass is 510 g/mol. The number of fused-ring (bicyclic) bond motifs is 1. The topological polar surface area (TPSA) is 107 Å². The molecule has 5 rings (SSSR count). The molecule has 1 saturated heterocycles. The van der Waals surface area contributed by atoms with Crippen LogP contribution in [0.15, 0.2) is 27.8 Å². The van der Waals surface area contributed by atoms with Crippen LogP contribution in [0.5, 0.6) is 0 Å². The Morgan fingerprint density at radius 3 is 2.36 bits per heavy atom. The highest BCUT2D eigenvalue weighted by Crippen LogP contribution is 2.32. The number of carboxylic acids is 1. The smallest absolute Gasteiger partial charge is 0.475 e. The predicted molar refractivity (Wildman–Crippen MR) is 123 cm³/mol. The van der Waals surface area contributed by atoms with E-state index in [1.54, 1.807) is 4.57 Å². The Labute approximate surface area is 205 Å². The van der Waals surface area contributed by atoms with Crippen LogP contribution in [-0.2, 0) is 35.8 Å². The van der Waals surface area contributed by atoms with Gasteiger partial charge < -0.3 is 9.84 Å². The van der Waals surface area contributed by atoms with Crippen molar-refractivity contribution in [3.05, 3.63) is 61.4 Å². The van der Waals surface area contributed by atoms with Crippen LogP contribution < -0.4 is 11.1 Å². The van der Waals surface area contributed by atoms with Crippen LogP contribution in [0, 0.1) is 19.8 Å². The highest BCUT2D eigenvalue weighted by atomic mass is 19.4. The zero-order valence-corrected chi connectivity index (χ0v) is 20.2. The maximum atomic E-state index is 12.7. The van der Waals surface area contributed by atoms with Crippen molar-refractivity contribution in [2.45, 2.75) is 71.1 Å². The molecule has 0 radical (unpaired) electrons. The number of aromatic nitrogens is 3. The number of aryl methyl sites for hydroxylation is 2. The van der Waals surface area contributed by atoms with Crippen molar-refractivity contribution in [2.75, 3.05) is 13.1 Å². The van der Waals surface area contributed by atoms with Crippen LogP contribution >= 0.6 is 0 Å².